The molecule has 1 N–H and O–H groups in total. The Hall–Kier alpha value is -2.57. The van der Waals surface area contributed by atoms with Crippen LogP contribution >= 0.6 is 0 Å². The second-order valence-electron chi connectivity index (χ2n) is 7.65. The van der Waals surface area contributed by atoms with Gasteiger partial charge in [-0.25, -0.2) is 4.79 Å². The normalized spacial score (nSPS) is 19.2. The molecule has 0 radical (unpaired) electrons. The molecule has 1 atom stereocenters. The summed E-state index contributed by atoms with van der Waals surface area (Å²) in [7, 11) is 0. The molecule has 1 fully saturated rings. The Morgan fingerprint density at radius 3 is 2.93 bits per heavy atom. The minimum atomic E-state index is -0.0948. The number of piperidine rings is 1. The standard InChI is InChI=1S/C21H29N5O2/c1-3-28-18-14-15(2)10-11-16(18)22-21(27)25-12-6-4-8-17(25)20-24-23-19-9-5-7-13-26(19)20/h10-11,14,17H,3-9,12-13H2,1-2H3,(H,22,27). The summed E-state index contributed by atoms with van der Waals surface area (Å²) in [5.41, 5.74) is 1.82. The molecule has 2 amide bonds. The van der Waals surface area contributed by atoms with Crippen LogP contribution in [-0.4, -0.2) is 38.8 Å². The zero-order chi connectivity index (χ0) is 19.5. The van der Waals surface area contributed by atoms with Crippen molar-refractivity contribution in [2.75, 3.05) is 18.5 Å². The van der Waals surface area contributed by atoms with Crippen molar-refractivity contribution in [3.05, 3.63) is 35.4 Å². The first kappa shape index (κ1) is 18.8. The van der Waals surface area contributed by atoms with E-state index in [2.05, 4.69) is 20.1 Å². The molecule has 3 heterocycles. The number of nitrogens with zero attached hydrogens (tertiary/aromatic N) is 4. The first-order valence-corrected chi connectivity index (χ1v) is 10.4. The van der Waals surface area contributed by atoms with Crippen molar-refractivity contribution in [2.24, 2.45) is 0 Å². The fourth-order valence-corrected chi connectivity index (χ4v) is 4.22. The summed E-state index contributed by atoms with van der Waals surface area (Å²) in [4.78, 5) is 15.1. The number of carbonyl (C=O) groups is 1. The van der Waals surface area contributed by atoms with Gasteiger partial charge in [0.2, 0.25) is 0 Å². The van der Waals surface area contributed by atoms with Crippen molar-refractivity contribution in [3.63, 3.8) is 0 Å². The molecule has 1 aromatic carbocycles. The number of amides is 2. The summed E-state index contributed by atoms with van der Waals surface area (Å²) in [6.07, 6.45) is 6.34. The van der Waals surface area contributed by atoms with Gasteiger partial charge in [-0.1, -0.05) is 6.07 Å². The van der Waals surface area contributed by atoms with Crippen LogP contribution < -0.4 is 10.1 Å². The molecule has 1 unspecified atom stereocenters. The Labute approximate surface area is 166 Å². The van der Waals surface area contributed by atoms with Gasteiger partial charge < -0.3 is 19.5 Å². The number of aryl methyl sites for hydroxylation is 2. The number of anilines is 1. The lowest BCUT2D eigenvalue weighted by atomic mass is 10.0. The molecular weight excluding hydrogens is 354 g/mol. The van der Waals surface area contributed by atoms with Gasteiger partial charge in [0.25, 0.3) is 0 Å². The topological polar surface area (TPSA) is 72.3 Å². The summed E-state index contributed by atoms with van der Waals surface area (Å²) in [5.74, 6) is 2.71. The zero-order valence-corrected chi connectivity index (χ0v) is 16.8. The van der Waals surface area contributed by atoms with Crippen LogP contribution in [0, 0.1) is 6.92 Å². The van der Waals surface area contributed by atoms with Crippen LogP contribution in [0.5, 0.6) is 5.75 Å². The number of likely N-dealkylation sites (tertiary alicyclic amines) is 1. The SMILES string of the molecule is CCOc1cc(C)ccc1NC(=O)N1CCCCC1c1nnc2n1CCCC2. The molecule has 28 heavy (non-hydrogen) atoms. The number of aromatic nitrogens is 3. The monoisotopic (exact) mass is 383 g/mol. The van der Waals surface area contributed by atoms with Gasteiger partial charge >= 0.3 is 6.03 Å². The van der Waals surface area contributed by atoms with Gasteiger partial charge in [0.15, 0.2) is 5.82 Å². The summed E-state index contributed by atoms with van der Waals surface area (Å²) in [6, 6.07) is 5.75. The second-order valence-corrected chi connectivity index (χ2v) is 7.65. The van der Waals surface area contributed by atoms with Crippen LogP contribution in [0.1, 0.15) is 62.3 Å². The number of ether oxygens (including phenoxy) is 1. The minimum absolute atomic E-state index is 0.0194. The van der Waals surface area contributed by atoms with E-state index in [0.717, 1.165) is 62.4 Å². The number of rotatable bonds is 4. The first-order chi connectivity index (χ1) is 13.7. The number of benzene rings is 1. The van der Waals surface area contributed by atoms with Crippen molar-refractivity contribution in [2.45, 2.75) is 65.0 Å². The van der Waals surface area contributed by atoms with E-state index in [4.69, 9.17) is 4.74 Å². The van der Waals surface area contributed by atoms with Crippen molar-refractivity contribution in [1.29, 1.82) is 0 Å². The quantitative estimate of drug-likeness (QED) is 0.863. The van der Waals surface area contributed by atoms with Crippen molar-refractivity contribution < 1.29 is 9.53 Å². The van der Waals surface area contributed by atoms with Crippen molar-refractivity contribution in [3.8, 4) is 5.75 Å². The molecule has 7 nitrogen and oxygen atoms in total. The predicted molar refractivity (Wildman–Crippen MR) is 108 cm³/mol. The Morgan fingerprint density at radius 2 is 2.07 bits per heavy atom. The molecule has 1 aromatic heterocycles. The van der Waals surface area contributed by atoms with E-state index in [1.165, 1.54) is 6.42 Å². The smallest absolute Gasteiger partial charge is 0.322 e. The predicted octanol–water partition coefficient (Wildman–Crippen LogP) is 4.08. The molecule has 0 aliphatic carbocycles. The van der Waals surface area contributed by atoms with Gasteiger partial charge in [-0.2, -0.15) is 0 Å². The third-order valence-electron chi connectivity index (χ3n) is 5.63. The average Bonchev–Trinajstić information content (AvgIpc) is 3.14. The van der Waals surface area contributed by atoms with E-state index in [0.29, 0.717) is 18.0 Å². The molecule has 1 saturated heterocycles. The van der Waals surface area contributed by atoms with Crippen LogP contribution in [0.15, 0.2) is 18.2 Å². The Balaban J connectivity index is 1.57. The Morgan fingerprint density at radius 1 is 1.21 bits per heavy atom. The lowest BCUT2D eigenvalue weighted by Crippen LogP contribution is -2.42. The summed E-state index contributed by atoms with van der Waals surface area (Å²) >= 11 is 0. The fraction of sp³-hybridized carbons (Fsp3) is 0.571. The van der Waals surface area contributed by atoms with Crippen LogP contribution in [0.3, 0.4) is 0 Å². The molecule has 0 saturated carbocycles. The van der Waals surface area contributed by atoms with Crippen LogP contribution in [0.4, 0.5) is 10.5 Å². The summed E-state index contributed by atoms with van der Waals surface area (Å²) in [5, 5.41) is 11.9. The van der Waals surface area contributed by atoms with Gasteiger partial charge in [-0.05, 0) is 63.6 Å². The maximum Gasteiger partial charge on any atom is 0.322 e. The van der Waals surface area contributed by atoms with E-state index in [1.807, 2.05) is 36.9 Å². The average molecular weight is 383 g/mol. The molecular formula is C21H29N5O2. The fourth-order valence-electron chi connectivity index (χ4n) is 4.22. The zero-order valence-electron chi connectivity index (χ0n) is 16.8. The largest absolute Gasteiger partial charge is 0.492 e. The number of hydrogen-bond acceptors (Lipinski definition) is 4. The molecule has 150 valence electrons. The lowest BCUT2D eigenvalue weighted by molar-refractivity contribution is 0.156. The van der Waals surface area contributed by atoms with Crippen LogP contribution in [-0.2, 0) is 13.0 Å². The third kappa shape index (κ3) is 3.70. The van der Waals surface area contributed by atoms with E-state index in [9.17, 15) is 4.79 Å². The molecule has 0 bridgehead atoms. The van der Waals surface area contributed by atoms with Crippen LogP contribution in [0.25, 0.3) is 0 Å². The maximum atomic E-state index is 13.2. The lowest BCUT2D eigenvalue weighted by Gasteiger charge is -2.35. The summed E-state index contributed by atoms with van der Waals surface area (Å²) in [6.45, 7) is 6.21. The van der Waals surface area contributed by atoms with Crippen LogP contribution in [0.2, 0.25) is 0 Å². The number of nitrogens with one attached hydrogen (secondary N) is 1. The highest BCUT2D eigenvalue weighted by Crippen LogP contribution is 2.33. The van der Waals surface area contributed by atoms with Gasteiger partial charge in [-0.3, -0.25) is 0 Å². The molecule has 2 aliphatic rings. The number of carbonyl (C=O) groups excluding carboxylic acids is 1. The van der Waals surface area contributed by atoms with Crippen molar-refractivity contribution in [1.82, 2.24) is 19.7 Å². The van der Waals surface area contributed by atoms with Gasteiger partial charge in [-0.15, -0.1) is 10.2 Å². The first-order valence-electron chi connectivity index (χ1n) is 10.4. The molecule has 2 aliphatic heterocycles. The van der Waals surface area contributed by atoms with E-state index in [-0.39, 0.29) is 12.1 Å². The second kappa shape index (κ2) is 8.20. The van der Waals surface area contributed by atoms with Gasteiger partial charge in [0.1, 0.15) is 11.6 Å². The molecule has 2 aromatic rings. The molecule has 0 spiro atoms. The van der Waals surface area contributed by atoms with Crippen molar-refractivity contribution >= 4 is 11.7 Å². The highest BCUT2D eigenvalue weighted by Gasteiger charge is 2.33. The Kier molecular flexibility index (Phi) is 5.50. The van der Waals surface area contributed by atoms with E-state index in [1.54, 1.807) is 0 Å². The number of hydrogen-bond donors (Lipinski definition) is 1. The highest BCUT2D eigenvalue weighted by atomic mass is 16.5. The number of urea groups is 1. The summed E-state index contributed by atoms with van der Waals surface area (Å²) < 4.78 is 7.95. The minimum Gasteiger partial charge on any atom is -0.492 e. The number of fused-ring (bicyclic) bond motifs is 1. The highest BCUT2D eigenvalue weighted by molar-refractivity contribution is 5.91. The van der Waals surface area contributed by atoms with E-state index < -0.39 is 0 Å². The molecule has 7 heteroatoms. The van der Waals surface area contributed by atoms with Gasteiger partial charge in [0, 0.05) is 19.5 Å². The van der Waals surface area contributed by atoms with E-state index >= 15 is 0 Å². The maximum absolute atomic E-state index is 13.2. The third-order valence-corrected chi connectivity index (χ3v) is 5.63. The Bertz CT molecular complexity index is 847. The molecule has 4 rings (SSSR count). The van der Waals surface area contributed by atoms with Gasteiger partial charge in [0.05, 0.1) is 18.3 Å².